The number of carbonyl (C=O) groups is 2. The quantitative estimate of drug-likeness (QED) is 0.308. The number of methoxy groups -OCH3 is 1. The van der Waals surface area contributed by atoms with Crippen molar-refractivity contribution in [2.24, 2.45) is 0 Å². The Hall–Kier alpha value is -2.04. The van der Waals surface area contributed by atoms with Crippen LogP contribution in [-0.4, -0.2) is 55.3 Å². The van der Waals surface area contributed by atoms with Gasteiger partial charge in [-0.15, -0.1) is 11.8 Å². The zero-order valence-corrected chi connectivity index (χ0v) is 20.5. The molecule has 0 aliphatic carbocycles. The van der Waals surface area contributed by atoms with Crippen LogP contribution in [0.5, 0.6) is 0 Å². The van der Waals surface area contributed by atoms with Gasteiger partial charge in [-0.25, -0.2) is 13.2 Å². The Labute approximate surface area is 205 Å². The summed E-state index contributed by atoms with van der Waals surface area (Å²) < 4.78 is 36.3. The second kappa shape index (κ2) is 9.68. The average Bonchev–Trinajstić information content (AvgIpc) is 2.79. The van der Waals surface area contributed by atoms with Crippen molar-refractivity contribution in [2.75, 3.05) is 18.6 Å². The first-order chi connectivity index (χ1) is 15.7. The van der Waals surface area contributed by atoms with Gasteiger partial charge in [0.25, 0.3) is 5.91 Å². The first kappa shape index (κ1) is 24.1. The first-order valence-electron chi connectivity index (χ1n) is 9.81. The maximum absolute atomic E-state index is 13.1. The highest BCUT2D eigenvalue weighted by Crippen LogP contribution is 2.40. The van der Waals surface area contributed by atoms with Crippen molar-refractivity contribution < 1.29 is 27.5 Å². The lowest BCUT2D eigenvalue weighted by Crippen LogP contribution is -2.70. The second-order valence-corrected chi connectivity index (χ2v) is 11.4. The van der Waals surface area contributed by atoms with E-state index in [9.17, 15) is 18.0 Å². The summed E-state index contributed by atoms with van der Waals surface area (Å²) in [5.74, 6) is -1.53. The number of halogens is 2. The smallest absolute Gasteiger partial charge is 0.355 e. The highest BCUT2D eigenvalue weighted by atomic mass is 35.5. The Morgan fingerprint density at radius 3 is 2.55 bits per heavy atom. The number of rotatable bonds is 7. The number of thioether (sulfide) groups is 1. The summed E-state index contributed by atoms with van der Waals surface area (Å²) in [4.78, 5) is 27.7. The number of carbonyl (C=O) groups excluding carboxylic acids is 2. The van der Waals surface area contributed by atoms with E-state index in [1.165, 1.54) is 18.9 Å². The fourth-order valence-corrected chi connectivity index (χ4v) is 7.10. The second-order valence-electron chi connectivity index (χ2n) is 7.44. The zero-order valence-electron chi connectivity index (χ0n) is 17.4. The molecule has 0 bridgehead atoms. The molecular weight excluding hydrogens is 509 g/mol. The molecule has 0 radical (unpaired) electrons. The van der Waals surface area contributed by atoms with Crippen LogP contribution in [0.2, 0.25) is 10.0 Å². The number of fused-ring (bicyclic) bond motifs is 1. The van der Waals surface area contributed by atoms with Crippen molar-refractivity contribution in [1.82, 2.24) is 4.90 Å². The van der Waals surface area contributed by atoms with Gasteiger partial charge in [-0.3, -0.25) is 9.69 Å². The van der Waals surface area contributed by atoms with Crippen LogP contribution in [0.3, 0.4) is 0 Å². The predicted octanol–water partition coefficient (Wildman–Crippen LogP) is 3.69. The summed E-state index contributed by atoms with van der Waals surface area (Å²) in [7, 11) is -2.48. The van der Waals surface area contributed by atoms with Crippen molar-refractivity contribution >= 4 is 56.7 Å². The molecule has 0 aromatic heterocycles. The van der Waals surface area contributed by atoms with E-state index in [0.29, 0.717) is 21.2 Å². The maximum atomic E-state index is 13.1. The summed E-state index contributed by atoms with van der Waals surface area (Å²) in [6, 6.07) is 14.2. The third-order valence-electron chi connectivity index (χ3n) is 5.27. The molecule has 2 aromatic carbocycles. The molecule has 1 fully saturated rings. The molecule has 0 saturated carbocycles. The van der Waals surface area contributed by atoms with Gasteiger partial charge in [-0.2, -0.15) is 0 Å². The molecule has 2 aromatic rings. The average molecular weight is 528 g/mol. The number of β-lactam (4-membered cyclic amide) rings is 1. The van der Waals surface area contributed by atoms with Gasteiger partial charge in [0, 0.05) is 17.8 Å². The van der Waals surface area contributed by atoms with Crippen LogP contribution in [0.15, 0.2) is 64.7 Å². The molecule has 4 rings (SSSR count). The Bertz CT molecular complexity index is 1230. The van der Waals surface area contributed by atoms with Gasteiger partial charge in [0.05, 0.1) is 15.8 Å². The van der Waals surface area contributed by atoms with Crippen LogP contribution in [0.1, 0.15) is 5.56 Å². The van der Waals surface area contributed by atoms with E-state index in [4.69, 9.17) is 32.7 Å². The predicted molar refractivity (Wildman–Crippen MR) is 126 cm³/mol. The van der Waals surface area contributed by atoms with Crippen molar-refractivity contribution in [3.63, 3.8) is 0 Å². The lowest BCUT2D eigenvalue weighted by Gasteiger charge is -2.48. The summed E-state index contributed by atoms with van der Waals surface area (Å²) in [5.41, 5.74) is 0.863. The van der Waals surface area contributed by atoms with E-state index >= 15 is 0 Å². The van der Waals surface area contributed by atoms with Gasteiger partial charge in [0.2, 0.25) is 0 Å². The molecule has 33 heavy (non-hydrogen) atoms. The van der Waals surface area contributed by atoms with Gasteiger partial charge in [-0.05, 0) is 35.4 Å². The normalized spacial score (nSPS) is 21.4. The lowest BCUT2D eigenvalue weighted by atomic mass is 10.1. The minimum Gasteiger partial charge on any atom is -0.456 e. The highest BCUT2D eigenvalue weighted by molar-refractivity contribution is 7.99. The molecule has 0 spiro atoms. The van der Waals surface area contributed by atoms with Gasteiger partial charge >= 0.3 is 5.97 Å². The van der Waals surface area contributed by atoms with Gasteiger partial charge < -0.3 is 9.47 Å². The van der Waals surface area contributed by atoms with Crippen LogP contribution >= 0.6 is 35.0 Å². The van der Waals surface area contributed by atoms with Crippen molar-refractivity contribution in [3.05, 3.63) is 75.4 Å². The van der Waals surface area contributed by atoms with Crippen molar-refractivity contribution in [3.8, 4) is 0 Å². The molecule has 174 valence electrons. The Balaban J connectivity index is 1.63. The molecule has 1 saturated heterocycles. The molecule has 1 amide bonds. The summed E-state index contributed by atoms with van der Waals surface area (Å²) in [5, 5.41) is -0.561. The minimum atomic E-state index is -3.75. The number of esters is 1. The highest BCUT2D eigenvalue weighted by Gasteiger charge is 2.60. The third kappa shape index (κ3) is 4.79. The molecule has 2 heterocycles. The number of sulfone groups is 1. The Morgan fingerprint density at radius 2 is 1.88 bits per heavy atom. The SMILES string of the molecule is CO[C@H]1C(=O)N2C(C(=O)OCc3ccc(Cl)c(Cl)c3)=C(CSc3ccccc3)CS(=O)(=O)[C@H]12. The van der Waals surface area contributed by atoms with Gasteiger partial charge in [-0.1, -0.05) is 47.5 Å². The Morgan fingerprint density at radius 1 is 1.15 bits per heavy atom. The Kier molecular flexibility index (Phi) is 7.07. The molecule has 2 aliphatic heterocycles. The van der Waals surface area contributed by atoms with E-state index in [-0.39, 0.29) is 23.8 Å². The van der Waals surface area contributed by atoms with Crippen LogP contribution < -0.4 is 0 Å². The van der Waals surface area contributed by atoms with E-state index < -0.39 is 33.2 Å². The number of hydrogen-bond acceptors (Lipinski definition) is 7. The fraction of sp³-hybridized carbons (Fsp3) is 0.273. The van der Waals surface area contributed by atoms with E-state index in [0.717, 1.165) is 9.80 Å². The molecule has 0 N–H and O–H groups in total. The standard InChI is InChI=1S/C22H19Cl2NO6S2/c1-30-19-20(26)25-18(22(27)31-10-13-7-8-16(23)17(24)9-13)14(12-33(28,29)21(19)25)11-32-15-5-3-2-4-6-15/h2-9,19,21H,10-12H2,1H3/t19-,21+/m0/s1. The molecule has 11 heteroatoms. The first-order valence-corrected chi connectivity index (χ1v) is 13.3. The van der Waals surface area contributed by atoms with Gasteiger partial charge in [0.1, 0.15) is 12.3 Å². The molecule has 0 unspecified atom stereocenters. The maximum Gasteiger partial charge on any atom is 0.355 e. The summed E-state index contributed by atoms with van der Waals surface area (Å²) in [6.45, 7) is -0.120. The van der Waals surface area contributed by atoms with E-state index in [1.807, 2.05) is 30.3 Å². The lowest BCUT2D eigenvalue weighted by molar-refractivity contribution is -0.164. The van der Waals surface area contributed by atoms with E-state index in [2.05, 4.69) is 0 Å². The zero-order chi connectivity index (χ0) is 23.8. The van der Waals surface area contributed by atoms with Crippen LogP contribution in [0.25, 0.3) is 0 Å². The van der Waals surface area contributed by atoms with Crippen molar-refractivity contribution in [2.45, 2.75) is 23.0 Å². The minimum absolute atomic E-state index is 0.0448. The summed E-state index contributed by atoms with van der Waals surface area (Å²) in [6.07, 6.45) is -1.14. The molecular formula is C22H19Cl2NO6S2. The van der Waals surface area contributed by atoms with Crippen molar-refractivity contribution in [1.29, 1.82) is 0 Å². The third-order valence-corrected chi connectivity index (χ3v) is 9.05. The molecule has 7 nitrogen and oxygen atoms in total. The number of hydrogen-bond donors (Lipinski definition) is 0. The summed E-state index contributed by atoms with van der Waals surface area (Å²) >= 11 is 13.3. The molecule has 2 aliphatic rings. The van der Waals surface area contributed by atoms with Crippen LogP contribution in [-0.2, 0) is 35.5 Å². The number of amides is 1. The topological polar surface area (TPSA) is 90.0 Å². The van der Waals surface area contributed by atoms with Crippen LogP contribution in [0.4, 0.5) is 0 Å². The largest absolute Gasteiger partial charge is 0.456 e. The molecule has 2 atom stereocenters. The fourth-order valence-electron chi connectivity index (χ4n) is 3.69. The number of ether oxygens (including phenoxy) is 2. The monoisotopic (exact) mass is 527 g/mol. The van der Waals surface area contributed by atoms with Crippen LogP contribution in [0, 0.1) is 0 Å². The number of nitrogens with zero attached hydrogens (tertiary/aromatic N) is 1. The van der Waals surface area contributed by atoms with Gasteiger partial charge in [0.15, 0.2) is 21.3 Å². The number of benzene rings is 2. The van der Waals surface area contributed by atoms with E-state index in [1.54, 1.807) is 18.2 Å².